The standard InChI is InChI=1S/C9H10ClN3O2/c1-6(2)11-12-7-3-4-8(10)9(5-7)13(14)15/h3-5,12H,1-2H3. The van der Waals surface area contributed by atoms with Gasteiger partial charge in [-0.2, -0.15) is 5.10 Å². The van der Waals surface area contributed by atoms with Crippen molar-refractivity contribution in [2.24, 2.45) is 5.10 Å². The zero-order valence-electron chi connectivity index (χ0n) is 8.32. The van der Waals surface area contributed by atoms with Crippen LogP contribution in [0.3, 0.4) is 0 Å². The van der Waals surface area contributed by atoms with E-state index in [0.717, 1.165) is 5.71 Å². The number of hydrogen-bond donors (Lipinski definition) is 1. The molecule has 0 radical (unpaired) electrons. The fourth-order valence-corrected chi connectivity index (χ4v) is 1.09. The highest BCUT2D eigenvalue weighted by molar-refractivity contribution is 6.32. The van der Waals surface area contributed by atoms with Crippen LogP contribution >= 0.6 is 11.6 Å². The van der Waals surface area contributed by atoms with Crippen LogP contribution in [0.2, 0.25) is 5.02 Å². The molecule has 0 saturated carbocycles. The third-order valence-corrected chi connectivity index (χ3v) is 1.87. The van der Waals surface area contributed by atoms with Gasteiger partial charge in [-0.1, -0.05) is 11.6 Å². The smallest absolute Gasteiger partial charge is 0.278 e. The molecule has 0 aliphatic rings. The molecule has 6 heteroatoms. The molecule has 1 aromatic carbocycles. The number of benzene rings is 1. The van der Waals surface area contributed by atoms with Gasteiger partial charge in [0.1, 0.15) is 5.02 Å². The number of nitrogens with zero attached hydrogens (tertiary/aromatic N) is 2. The van der Waals surface area contributed by atoms with Crippen LogP contribution < -0.4 is 5.43 Å². The molecular weight excluding hydrogens is 218 g/mol. The van der Waals surface area contributed by atoms with Crippen LogP contribution in [-0.2, 0) is 0 Å². The molecule has 1 aromatic rings. The minimum Gasteiger partial charge on any atom is -0.278 e. The molecule has 1 N–H and O–H groups in total. The van der Waals surface area contributed by atoms with Crippen LogP contribution in [0.5, 0.6) is 0 Å². The highest BCUT2D eigenvalue weighted by Crippen LogP contribution is 2.27. The molecule has 0 aliphatic heterocycles. The fourth-order valence-electron chi connectivity index (χ4n) is 0.898. The van der Waals surface area contributed by atoms with Crippen LogP contribution in [0, 0.1) is 10.1 Å². The Labute approximate surface area is 91.9 Å². The molecule has 15 heavy (non-hydrogen) atoms. The van der Waals surface area contributed by atoms with Gasteiger partial charge >= 0.3 is 0 Å². The molecular formula is C9H10ClN3O2. The quantitative estimate of drug-likeness (QED) is 0.490. The van der Waals surface area contributed by atoms with Crippen molar-refractivity contribution in [2.45, 2.75) is 13.8 Å². The summed E-state index contributed by atoms with van der Waals surface area (Å²) in [5.74, 6) is 0. The second-order valence-electron chi connectivity index (χ2n) is 3.09. The minimum atomic E-state index is -0.532. The Morgan fingerprint density at radius 3 is 2.73 bits per heavy atom. The lowest BCUT2D eigenvalue weighted by atomic mass is 10.3. The summed E-state index contributed by atoms with van der Waals surface area (Å²) in [5.41, 5.74) is 3.92. The molecule has 0 aliphatic carbocycles. The van der Waals surface area contributed by atoms with E-state index >= 15 is 0 Å². The Hall–Kier alpha value is -1.62. The van der Waals surface area contributed by atoms with Crippen molar-refractivity contribution >= 4 is 28.7 Å². The summed E-state index contributed by atoms with van der Waals surface area (Å²) in [6.45, 7) is 3.63. The second kappa shape index (κ2) is 4.75. The number of hydrazone groups is 1. The van der Waals surface area contributed by atoms with Gasteiger partial charge in [0.05, 0.1) is 10.6 Å². The summed E-state index contributed by atoms with van der Waals surface area (Å²) in [7, 11) is 0. The summed E-state index contributed by atoms with van der Waals surface area (Å²) in [6, 6.07) is 4.43. The molecule has 80 valence electrons. The van der Waals surface area contributed by atoms with E-state index in [9.17, 15) is 10.1 Å². The molecule has 0 bridgehead atoms. The maximum Gasteiger partial charge on any atom is 0.290 e. The fraction of sp³-hybridized carbons (Fsp3) is 0.222. The van der Waals surface area contributed by atoms with Crippen LogP contribution in [0.25, 0.3) is 0 Å². The van der Waals surface area contributed by atoms with Gasteiger partial charge in [-0.25, -0.2) is 0 Å². The van der Waals surface area contributed by atoms with E-state index in [1.54, 1.807) is 6.07 Å². The molecule has 1 rings (SSSR count). The Kier molecular flexibility index (Phi) is 3.62. The topological polar surface area (TPSA) is 67.5 Å². The molecule has 0 heterocycles. The predicted molar refractivity (Wildman–Crippen MR) is 60.5 cm³/mol. The van der Waals surface area contributed by atoms with Crippen molar-refractivity contribution in [1.82, 2.24) is 0 Å². The Bertz CT molecular complexity index is 414. The van der Waals surface area contributed by atoms with E-state index in [1.165, 1.54) is 12.1 Å². The zero-order chi connectivity index (χ0) is 11.4. The second-order valence-corrected chi connectivity index (χ2v) is 3.50. The van der Waals surface area contributed by atoms with Crippen molar-refractivity contribution in [3.8, 4) is 0 Å². The number of hydrogen-bond acceptors (Lipinski definition) is 4. The number of anilines is 1. The Morgan fingerprint density at radius 2 is 2.20 bits per heavy atom. The summed E-state index contributed by atoms with van der Waals surface area (Å²) in [5, 5.41) is 14.6. The number of halogens is 1. The lowest BCUT2D eigenvalue weighted by Gasteiger charge is -2.01. The first-order valence-corrected chi connectivity index (χ1v) is 4.59. The van der Waals surface area contributed by atoms with Crippen LogP contribution in [0.1, 0.15) is 13.8 Å². The van der Waals surface area contributed by atoms with Crippen molar-refractivity contribution in [3.05, 3.63) is 33.3 Å². The lowest BCUT2D eigenvalue weighted by Crippen LogP contribution is -1.95. The molecule has 0 atom stereocenters. The van der Waals surface area contributed by atoms with E-state index in [-0.39, 0.29) is 10.7 Å². The SMILES string of the molecule is CC(C)=NNc1ccc(Cl)c([N+](=O)[O-])c1. The van der Waals surface area contributed by atoms with Gasteiger partial charge in [-0.15, -0.1) is 0 Å². The first-order valence-electron chi connectivity index (χ1n) is 4.21. The van der Waals surface area contributed by atoms with Gasteiger partial charge in [0.2, 0.25) is 0 Å². The van der Waals surface area contributed by atoms with Gasteiger partial charge in [0.15, 0.2) is 0 Å². The third kappa shape index (κ3) is 3.21. The van der Waals surface area contributed by atoms with Gasteiger partial charge in [0, 0.05) is 11.8 Å². The Balaban J connectivity index is 2.98. The molecule has 0 amide bonds. The number of nitro groups is 1. The Morgan fingerprint density at radius 1 is 1.53 bits per heavy atom. The van der Waals surface area contributed by atoms with Crippen molar-refractivity contribution in [1.29, 1.82) is 0 Å². The summed E-state index contributed by atoms with van der Waals surface area (Å²) in [4.78, 5) is 10.0. The lowest BCUT2D eigenvalue weighted by molar-refractivity contribution is -0.384. The largest absolute Gasteiger partial charge is 0.290 e. The van der Waals surface area contributed by atoms with Crippen molar-refractivity contribution in [3.63, 3.8) is 0 Å². The van der Waals surface area contributed by atoms with Crippen molar-refractivity contribution in [2.75, 3.05) is 5.43 Å². The van der Waals surface area contributed by atoms with Gasteiger partial charge in [0.25, 0.3) is 5.69 Å². The van der Waals surface area contributed by atoms with Crippen LogP contribution in [0.15, 0.2) is 23.3 Å². The highest BCUT2D eigenvalue weighted by Gasteiger charge is 2.12. The summed E-state index contributed by atoms with van der Waals surface area (Å²) < 4.78 is 0. The van der Waals surface area contributed by atoms with Gasteiger partial charge in [-0.05, 0) is 26.0 Å². The molecule has 0 spiro atoms. The van der Waals surface area contributed by atoms with E-state index in [2.05, 4.69) is 10.5 Å². The van der Waals surface area contributed by atoms with Crippen LogP contribution in [0.4, 0.5) is 11.4 Å². The monoisotopic (exact) mass is 227 g/mol. The van der Waals surface area contributed by atoms with E-state index < -0.39 is 4.92 Å². The van der Waals surface area contributed by atoms with Gasteiger partial charge in [-0.3, -0.25) is 15.5 Å². The maximum atomic E-state index is 10.6. The normalized spacial score (nSPS) is 9.53. The van der Waals surface area contributed by atoms with E-state index in [4.69, 9.17) is 11.6 Å². The highest BCUT2D eigenvalue weighted by atomic mass is 35.5. The summed E-state index contributed by atoms with van der Waals surface area (Å²) >= 11 is 5.65. The number of nitrogens with one attached hydrogen (secondary N) is 1. The first kappa shape index (κ1) is 11.5. The summed E-state index contributed by atoms with van der Waals surface area (Å²) in [6.07, 6.45) is 0. The molecule has 0 saturated heterocycles. The average molecular weight is 228 g/mol. The van der Waals surface area contributed by atoms with E-state index in [0.29, 0.717) is 5.69 Å². The number of rotatable bonds is 3. The zero-order valence-corrected chi connectivity index (χ0v) is 9.08. The molecule has 5 nitrogen and oxygen atoms in total. The van der Waals surface area contributed by atoms with Crippen molar-refractivity contribution < 1.29 is 4.92 Å². The molecule has 0 unspecified atom stereocenters. The van der Waals surface area contributed by atoms with Crippen LogP contribution in [-0.4, -0.2) is 10.6 Å². The average Bonchev–Trinajstić information content (AvgIpc) is 2.16. The third-order valence-electron chi connectivity index (χ3n) is 1.55. The first-order chi connectivity index (χ1) is 7.00. The van der Waals surface area contributed by atoms with Gasteiger partial charge < -0.3 is 0 Å². The minimum absolute atomic E-state index is 0.114. The number of nitro benzene ring substituents is 1. The predicted octanol–water partition coefficient (Wildman–Crippen LogP) is 3.06. The molecule has 0 fully saturated rings. The molecule has 0 aromatic heterocycles. The maximum absolute atomic E-state index is 10.6. The van der Waals surface area contributed by atoms with E-state index in [1.807, 2.05) is 13.8 Å².